The molecule has 0 saturated heterocycles. The van der Waals surface area contributed by atoms with Crippen LogP contribution in [0, 0.1) is 0 Å². The Morgan fingerprint density at radius 2 is 1.90 bits per heavy atom. The summed E-state index contributed by atoms with van der Waals surface area (Å²) in [4.78, 5) is 2.25. The second kappa shape index (κ2) is 7.34. The summed E-state index contributed by atoms with van der Waals surface area (Å²) in [7, 11) is 2.09. The third-order valence-electron chi connectivity index (χ3n) is 3.58. The topological polar surface area (TPSA) is 38.5 Å². The summed E-state index contributed by atoms with van der Waals surface area (Å²) in [5.41, 5.74) is 7.68. The number of hydrogen-bond donors (Lipinski definition) is 1. The van der Waals surface area contributed by atoms with E-state index in [0.717, 1.165) is 23.0 Å². The Morgan fingerprint density at radius 3 is 2.57 bits per heavy atom. The summed E-state index contributed by atoms with van der Waals surface area (Å²) in [5, 5.41) is 0.763. The van der Waals surface area contributed by atoms with Gasteiger partial charge in [-0.2, -0.15) is 0 Å². The van der Waals surface area contributed by atoms with Gasteiger partial charge in [0.05, 0.1) is 0 Å². The van der Waals surface area contributed by atoms with Crippen molar-refractivity contribution < 1.29 is 4.74 Å². The minimum absolute atomic E-state index is 0.312. The second-order valence-corrected chi connectivity index (χ2v) is 5.57. The lowest BCUT2D eigenvalue weighted by Crippen LogP contribution is -2.27. The summed E-state index contributed by atoms with van der Waals surface area (Å²) in [6, 6.07) is 15.8. The van der Waals surface area contributed by atoms with Gasteiger partial charge in [0, 0.05) is 29.4 Å². The SMILES string of the molecule is CC(c1ccc(Cl)cc1)N(C)CCOc1cccc(N)c1. The Hall–Kier alpha value is -1.71. The number of benzene rings is 2. The lowest BCUT2D eigenvalue weighted by molar-refractivity contribution is 0.201. The predicted octanol–water partition coefficient (Wildman–Crippen LogP) is 3.99. The van der Waals surface area contributed by atoms with Gasteiger partial charge >= 0.3 is 0 Å². The van der Waals surface area contributed by atoms with Gasteiger partial charge in [-0.15, -0.1) is 0 Å². The maximum absolute atomic E-state index is 5.92. The molecule has 1 unspecified atom stereocenters. The highest BCUT2D eigenvalue weighted by atomic mass is 35.5. The van der Waals surface area contributed by atoms with Crippen LogP contribution in [0.2, 0.25) is 5.02 Å². The number of rotatable bonds is 6. The number of likely N-dealkylation sites (N-methyl/N-ethyl adjacent to an activating group) is 1. The van der Waals surface area contributed by atoms with Gasteiger partial charge in [0.15, 0.2) is 0 Å². The van der Waals surface area contributed by atoms with E-state index in [1.54, 1.807) is 0 Å². The number of halogens is 1. The fourth-order valence-electron chi connectivity index (χ4n) is 2.10. The molecule has 1 atom stereocenters. The lowest BCUT2D eigenvalue weighted by atomic mass is 10.1. The van der Waals surface area contributed by atoms with Crippen LogP contribution in [0.4, 0.5) is 5.69 Å². The van der Waals surface area contributed by atoms with Crippen LogP contribution in [-0.4, -0.2) is 25.1 Å². The maximum Gasteiger partial charge on any atom is 0.121 e. The van der Waals surface area contributed by atoms with Crippen LogP contribution >= 0.6 is 11.6 Å². The van der Waals surface area contributed by atoms with Crippen molar-refractivity contribution in [1.82, 2.24) is 4.90 Å². The van der Waals surface area contributed by atoms with Gasteiger partial charge in [0.2, 0.25) is 0 Å². The number of nitrogen functional groups attached to an aromatic ring is 1. The zero-order valence-electron chi connectivity index (χ0n) is 12.4. The molecule has 0 aromatic heterocycles. The van der Waals surface area contributed by atoms with E-state index in [1.807, 2.05) is 36.4 Å². The van der Waals surface area contributed by atoms with E-state index in [4.69, 9.17) is 22.1 Å². The van der Waals surface area contributed by atoms with Crippen molar-refractivity contribution in [2.75, 3.05) is 25.9 Å². The second-order valence-electron chi connectivity index (χ2n) is 5.13. The highest BCUT2D eigenvalue weighted by molar-refractivity contribution is 6.30. The van der Waals surface area contributed by atoms with E-state index >= 15 is 0 Å². The van der Waals surface area contributed by atoms with Gasteiger partial charge in [0.25, 0.3) is 0 Å². The monoisotopic (exact) mass is 304 g/mol. The van der Waals surface area contributed by atoms with Crippen molar-refractivity contribution in [3.8, 4) is 5.75 Å². The molecule has 0 amide bonds. The Labute approximate surface area is 131 Å². The van der Waals surface area contributed by atoms with E-state index in [-0.39, 0.29) is 0 Å². The first-order valence-corrected chi connectivity index (χ1v) is 7.38. The number of nitrogens with two attached hydrogens (primary N) is 1. The number of anilines is 1. The van der Waals surface area contributed by atoms with Crippen molar-refractivity contribution in [2.24, 2.45) is 0 Å². The summed E-state index contributed by atoms with van der Waals surface area (Å²) < 4.78 is 5.72. The molecule has 2 N–H and O–H groups in total. The van der Waals surface area contributed by atoms with Gasteiger partial charge in [-0.05, 0) is 43.8 Å². The molecule has 0 saturated carbocycles. The van der Waals surface area contributed by atoms with E-state index in [2.05, 4.69) is 31.0 Å². The smallest absolute Gasteiger partial charge is 0.121 e. The zero-order valence-corrected chi connectivity index (χ0v) is 13.2. The standard InChI is InChI=1S/C17H21ClN2O/c1-13(14-6-8-15(18)9-7-14)20(2)10-11-21-17-5-3-4-16(19)12-17/h3-9,12-13H,10-11,19H2,1-2H3. The van der Waals surface area contributed by atoms with Gasteiger partial charge < -0.3 is 10.5 Å². The Balaban J connectivity index is 1.83. The van der Waals surface area contributed by atoms with Crippen molar-refractivity contribution >= 4 is 17.3 Å². The summed E-state index contributed by atoms with van der Waals surface area (Å²) in [6.45, 7) is 3.63. The van der Waals surface area contributed by atoms with Gasteiger partial charge in [0.1, 0.15) is 12.4 Å². The average Bonchev–Trinajstić information content (AvgIpc) is 2.47. The van der Waals surface area contributed by atoms with Crippen molar-refractivity contribution in [3.63, 3.8) is 0 Å². The summed E-state index contributed by atoms with van der Waals surface area (Å²) in [5.74, 6) is 0.808. The quantitative estimate of drug-likeness (QED) is 0.820. The first kappa shape index (κ1) is 15.7. The minimum atomic E-state index is 0.312. The van der Waals surface area contributed by atoms with Crippen LogP contribution in [0.3, 0.4) is 0 Å². The average molecular weight is 305 g/mol. The number of hydrogen-bond acceptors (Lipinski definition) is 3. The molecule has 2 rings (SSSR count). The summed E-state index contributed by atoms with van der Waals surface area (Å²) in [6.07, 6.45) is 0. The molecule has 0 heterocycles. The van der Waals surface area contributed by atoms with E-state index in [0.29, 0.717) is 12.6 Å². The number of ether oxygens (including phenoxy) is 1. The van der Waals surface area contributed by atoms with Crippen LogP contribution in [0.5, 0.6) is 5.75 Å². The van der Waals surface area contributed by atoms with Crippen LogP contribution in [0.15, 0.2) is 48.5 Å². The van der Waals surface area contributed by atoms with Crippen LogP contribution in [0.1, 0.15) is 18.5 Å². The Morgan fingerprint density at radius 1 is 1.19 bits per heavy atom. The van der Waals surface area contributed by atoms with Crippen LogP contribution in [0.25, 0.3) is 0 Å². The molecule has 0 fully saturated rings. The molecule has 112 valence electrons. The molecular weight excluding hydrogens is 284 g/mol. The molecule has 0 bridgehead atoms. The highest BCUT2D eigenvalue weighted by Gasteiger charge is 2.11. The van der Waals surface area contributed by atoms with E-state index < -0.39 is 0 Å². The fourth-order valence-corrected chi connectivity index (χ4v) is 2.23. The van der Waals surface area contributed by atoms with Gasteiger partial charge in [-0.25, -0.2) is 0 Å². The molecule has 0 aliphatic rings. The Bertz CT molecular complexity index is 571. The number of nitrogens with zero attached hydrogens (tertiary/aromatic N) is 1. The molecule has 0 spiro atoms. The highest BCUT2D eigenvalue weighted by Crippen LogP contribution is 2.21. The van der Waals surface area contributed by atoms with Crippen LogP contribution in [-0.2, 0) is 0 Å². The van der Waals surface area contributed by atoms with E-state index in [9.17, 15) is 0 Å². The maximum atomic E-state index is 5.92. The van der Waals surface area contributed by atoms with Gasteiger partial charge in [-0.1, -0.05) is 29.8 Å². The van der Waals surface area contributed by atoms with Crippen LogP contribution < -0.4 is 10.5 Å². The molecule has 21 heavy (non-hydrogen) atoms. The molecular formula is C17H21ClN2O. The van der Waals surface area contributed by atoms with Gasteiger partial charge in [-0.3, -0.25) is 4.90 Å². The molecule has 2 aromatic rings. The van der Waals surface area contributed by atoms with Crippen molar-refractivity contribution in [3.05, 3.63) is 59.1 Å². The molecule has 0 radical (unpaired) electrons. The molecule has 4 heteroatoms. The molecule has 0 aliphatic carbocycles. The lowest BCUT2D eigenvalue weighted by Gasteiger charge is -2.25. The third-order valence-corrected chi connectivity index (χ3v) is 3.84. The first-order valence-electron chi connectivity index (χ1n) is 7.00. The fraction of sp³-hybridized carbons (Fsp3) is 0.294. The molecule has 3 nitrogen and oxygen atoms in total. The third kappa shape index (κ3) is 4.66. The predicted molar refractivity (Wildman–Crippen MR) is 88.8 cm³/mol. The Kier molecular flexibility index (Phi) is 5.48. The normalized spacial score (nSPS) is 12.4. The van der Waals surface area contributed by atoms with E-state index in [1.165, 1.54) is 5.56 Å². The largest absolute Gasteiger partial charge is 0.492 e. The molecule has 2 aromatic carbocycles. The zero-order chi connectivity index (χ0) is 15.2. The minimum Gasteiger partial charge on any atom is -0.492 e. The van der Waals surface area contributed by atoms with Crippen molar-refractivity contribution in [1.29, 1.82) is 0 Å². The van der Waals surface area contributed by atoms with Crippen molar-refractivity contribution in [2.45, 2.75) is 13.0 Å². The first-order chi connectivity index (χ1) is 10.1. The summed E-state index contributed by atoms with van der Waals surface area (Å²) >= 11 is 5.92. The molecule has 0 aliphatic heterocycles.